The topological polar surface area (TPSA) is 66.8 Å². The van der Waals surface area contributed by atoms with Crippen LogP contribution < -0.4 is 9.64 Å². The van der Waals surface area contributed by atoms with Crippen LogP contribution in [0.1, 0.15) is 6.42 Å². The number of ether oxygens (including phenoxy) is 1. The summed E-state index contributed by atoms with van der Waals surface area (Å²) < 4.78 is 5.45. The summed E-state index contributed by atoms with van der Waals surface area (Å²) in [7, 11) is 0. The van der Waals surface area contributed by atoms with E-state index in [1.165, 1.54) is 4.90 Å². The van der Waals surface area contributed by atoms with E-state index in [2.05, 4.69) is 6.58 Å². The number of carbonyl (C=O) groups is 2. The van der Waals surface area contributed by atoms with E-state index >= 15 is 0 Å². The van der Waals surface area contributed by atoms with Gasteiger partial charge < -0.3 is 14.7 Å². The monoisotopic (exact) mass is 247 g/mol. The van der Waals surface area contributed by atoms with Crippen molar-refractivity contribution in [2.45, 2.75) is 6.42 Å². The van der Waals surface area contributed by atoms with Crippen molar-refractivity contribution in [3.8, 4) is 5.75 Å². The minimum atomic E-state index is -1.11. The van der Waals surface area contributed by atoms with Gasteiger partial charge in [-0.15, -0.1) is 0 Å². The first-order valence-electron chi connectivity index (χ1n) is 5.53. The van der Waals surface area contributed by atoms with Gasteiger partial charge in [0.15, 0.2) is 0 Å². The zero-order chi connectivity index (χ0) is 13.1. The third-order valence-corrected chi connectivity index (χ3v) is 2.68. The van der Waals surface area contributed by atoms with Crippen LogP contribution in [0, 0.1) is 0 Å². The molecule has 5 nitrogen and oxygen atoms in total. The number of nitrogens with zero attached hydrogens (tertiary/aromatic N) is 1. The van der Waals surface area contributed by atoms with Crippen molar-refractivity contribution in [1.29, 1.82) is 0 Å². The molecule has 2 rings (SSSR count). The zero-order valence-corrected chi connectivity index (χ0v) is 9.76. The molecule has 1 amide bonds. The Morgan fingerprint density at radius 3 is 2.89 bits per heavy atom. The molecule has 0 unspecified atom stereocenters. The molecule has 1 aliphatic heterocycles. The lowest BCUT2D eigenvalue weighted by atomic mass is 10.2. The number of hydrogen-bond acceptors (Lipinski definition) is 3. The quantitative estimate of drug-likeness (QED) is 0.821. The van der Waals surface area contributed by atoms with Gasteiger partial charge in [-0.1, -0.05) is 18.7 Å². The Balaban J connectivity index is 2.34. The summed E-state index contributed by atoms with van der Waals surface area (Å²) in [5.41, 5.74) is 0.558. The highest BCUT2D eigenvalue weighted by molar-refractivity contribution is 5.98. The number of benzene rings is 1. The number of carboxylic acids is 1. The lowest BCUT2D eigenvalue weighted by Gasteiger charge is -2.21. The minimum absolute atomic E-state index is 0.0277. The SMILES string of the molecule is C=C(CN1C(=O)CCOc2ccccc21)C(=O)O. The second-order valence-corrected chi connectivity index (χ2v) is 3.95. The Morgan fingerprint density at radius 2 is 2.17 bits per heavy atom. The third-order valence-electron chi connectivity index (χ3n) is 2.68. The van der Waals surface area contributed by atoms with Crippen LogP contribution in [-0.2, 0) is 9.59 Å². The van der Waals surface area contributed by atoms with E-state index in [1.807, 2.05) is 0 Å². The van der Waals surface area contributed by atoms with Crippen LogP contribution in [0.3, 0.4) is 0 Å². The number of para-hydroxylation sites is 2. The van der Waals surface area contributed by atoms with Crippen molar-refractivity contribution < 1.29 is 19.4 Å². The Kier molecular flexibility index (Phi) is 3.32. The van der Waals surface area contributed by atoms with Gasteiger partial charge in [-0.3, -0.25) is 4.79 Å². The maximum Gasteiger partial charge on any atom is 0.332 e. The summed E-state index contributed by atoms with van der Waals surface area (Å²) in [6.07, 6.45) is 0.224. The van der Waals surface area contributed by atoms with E-state index in [0.717, 1.165) is 0 Å². The molecule has 0 atom stereocenters. The molecule has 0 radical (unpaired) electrons. The molecule has 1 aliphatic rings. The molecule has 1 aromatic rings. The van der Waals surface area contributed by atoms with Gasteiger partial charge in [0, 0.05) is 5.57 Å². The molecule has 0 bridgehead atoms. The Hall–Kier alpha value is -2.30. The Bertz CT molecular complexity index is 509. The number of hydrogen-bond donors (Lipinski definition) is 1. The normalized spacial score (nSPS) is 14.4. The number of fused-ring (bicyclic) bond motifs is 1. The number of amides is 1. The summed E-state index contributed by atoms with van der Waals surface area (Å²) >= 11 is 0. The number of aliphatic carboxylic acids is 1. The molecular weight excluding hydrogens is 234 g/mol. The highest BCUT2D eigenvalue weighted by atomic mass is 16.5. The van der Waals surface area contributed by atoms with Crippen LogP contribution in [-0.4, -0.2) is 30.1 Å². The zero-order valence-electron chi connectivity index (χ0n) is 9.76. The van der Waals surface area contributed by atoms with Gasteiger partial charge in [-0.05, 0) is 12.1 Å². The number of carboxylic acid groups (broad SMARTS) is 1. The standard InChI is InChI=1S/C13H13NO4/c1-9(13(16)17)8-14-10-4-2-3-5-11(10)18-7-6-12(14)15/h2-5H,1,6-8H2,(H,16,17). The van der Waals surface area contributed by atoms with E-state index < -0.39 is 5.97 Å². The van der Waals surface area contributed by atoms with Crippen LogP contribution in [0.4, 0.5) is 5.69 Å². The van der Waals surface area contributed by atoms with Crippen LogP contribution in [0.2, 0.25) is 0 Å². The average molecular weight is 247 g/mol. The van der Waals surface area contributed by atoms with E-state index in [4.69, 9.17) is 9.84 Å². The average Bonchev–Trinajstić information content (AvgIpc) is 2.50. The van der Waals surface area contributed by atoms with Gasteiger partial charge in [0.05, 0.1) is 25.3 Å². The molecule has 0 spiro atoms. The largest absolute Gasteiger partial charge is 0.491 e. The summed E-state index contributed by atoms with van der Waals surface area (Å²) in [6.45, 7) is 3.72. The van der Waals surface area contributed by atoms with Crippen LogP contribution in [0.5, 0.6) is 5.75 Å². The fraction of sp³-hybridized carbons (Fsp3) is 0.231. The predicted octanol–water partition coefficient (Wildman–Crippen LogP) is 1.44. The van der Waals surface area contributed by atoms with E-state index in [-0.39, 0.29) is 24.4 Å². The Morgan fingerprint density at radius 1 is 1.44 bits per heavy atom. The number of anilines is 1. The van der Waals surface area contributed by atoms with Crippen molar-refractivity contribution >= 4 is 17.6 Å². The minimum Gasteiger partial charge on any atom is -0.491 e. The molecule has 5 heteroatoms. The first-order valence-corrected chi connectivity index (χ1v) is 5.53. The Labute approximate surface area is 104 Å². The van der Waals surface area contributed by atoms with E-state index in [0.29, 0.717) is 18.0 Å². The van der Waals surface area contributed by atoms with Gasteiger partial charge in [-0.2, -0.15) is 0 Å². The molecule has 1 N–H and O–H groups in total. The molecule has 94 valence electrons. The van der Waals surface area contributed by atoms with E-state index in [1.54, 1.807) is 24.3 Å². The van der Waals surface area contributed by atoms with Crippen molar-refractivity contribution in [2.24, 2.45) is 0 Å². The van der Waals surface area contributed by atoms with Crippen molar-refractivity contribution in [1.82, 2.24) is 0 Å². The van der Waals surface area contributed by atoms with Crippen molar-refractivity contribution in [2.75, 3.05) is 18.1 Å². The summed E-state index contributed by atoms with van der Waals surface area (Å²) in [5, 5.41) is 8.85. The van der Waals surface area contributed by atoms with Gasteiger partial charge in [-0.25, -0.2) is 4.79 Å². The van der Waals surface area contributed by atoms with Gasteiger partial charge in [0.2, 0.25) is 5.91 Å². The molecule has 1 aromatic carbocycles. The summed E-state index contributed by atoms with van der Waals surface area (Å²) in [6, 6.07) is 7.06. The van der Waals surface area contributed by atoms with Crippen LogP contribution in [0.25, 0.3) is 0 Å². The highest BCUT2D eigenvalue weighted by Gasteiger charge is 2.24. The molecule has 0 aromatic heterocycles. The lowest BCUT2D eigenvalue weighted by Crippen LogP contribution is -2.33. The van der Waals surface area contributed by atoms with Gasteiger partial charge in [0.25, 0.3) is 0 Å². The summed E-state index contributed by atoms with van der Waals surface area (Å²) in [5.74, 6) is -0.686. The number of carbonyl (C=O) groups excluding carboxylic acids is 1. The fourth-order valence-electron chi connectivity index (χ4n) is 1.75. The molecule has 0 aliphatic carbocycles. The molecule has 18 heavy (non-hydrogen) atoms. The maximum atomic E-state index is 11.9. The smallest absolute Gasteiger partial charge is 0.332 e. The first-order chi connectivity index (χ1) is 8.59. The summed E-state index contributed by atoms with van der Waals surface area (Å²) in [4.78, 5) is 24.2. The van der Waals surface area contributed by atoms with Gasteiger partial charge in [0.1, 0.15) is 5.75 Å². The predicted molar refractivity (Wildman–Crippen MR) is 65.7 cm³/mol. The molecular formula is C13H13NO4. The van der Waals surface area contributed by atoms with Crippen LogP contribution >= 0.6 is 0 Å². The van der Waals surface area contributed by atoms with Crippen molar-refractivity contribution in [3.05, 3.63) is 36.4 Å². The van der Waals surface area contributed by atoms with Gasteiger partial charge >= 0.3 is 5.97 Å². The highest BCUT2D eigenvalue weighted by Crippen LogP contribution is 2.31. The van der Waals surface area contributed by atoms with E-state index in [9.17, 15) is 9.59 Å². The maximum absolute atomic E-state index is 11.9. The van der Waals surface area contributed by atoms with Crippen LogP contribution in [0.15, 0.2) is 36.4 Å². The second-order valence-electron chi connectivity index (χ2n) is 3.95. The third kappa shape index (κ3) is 2.34. The molecule has 0 saturated carbocycles. The molecule has 0 saturated heterocycles. The lowest BCUT2D eigenvalue weighted by molar-refractivity contribution is -0.132. The second kappa shape index (κ2) is 4.91. The fourth-order valence-corrected chi connectivity index (χ4v) is 1.75. The van der Waals surface area contributed by atoms with Crippen molar-refractivity contribution in [3.63, 3.8) is 0 Å². The number of rotatable bonds is 3. The molecule has 0 fully saturated rings. The first kappa shape index (κ1) is 12.2. The molecule has 1 heterocycles.